The summed E-state index contributed by atoms with van der Waals surface area (Å²) in [4.78, 5) is 20.7. The Morgan fingerprint density at radius 2 is 0.933 bits per heavy atom. The standard InChI is InChI=1S/C55H40N4S/c1-55(2)45-28-16-15-27-43(45)51(54-57-52(38-23-11-5-12-24-38)56-53(58-54)39-25-13-6-14-26-39)44-34-50-48(35-46(44)55)59(47-29-17-18-30-49(47)60-50)42-32-40(36-19-7-3-8-20-36)31-41(33-42)37-21-9-4-10-22-37/h3-35,51H,1-2H3. The topological polar surface area (TPSA) is 41.9 Å². The molecular formula is C55H40N4S. The summed E-state index contributed by atoms with van der Waals surface area (Å²) in [7, 11) is 0. The van der Waals surface area contributed by atoms with Gasteiger partial charge in [0, 0.05) is 32.0 Å². The van der Waals surface area contributed by atoms with E-state index in [0.29, 0.717) is 11.6 Å². The fraction of sp³-hybridized carbons (Fsp3) is 0.0727. The first-order chi connectivity index (χ1) is 29.5. The molecule has 0 radical (unpaired) electrons. The molecule has 8 aromatic carbocycles. The van der Waals surface area contributed by atoms with Crippen LogP contribution in [-0.2, 0) is 5.41 Å². The van der Waals surface area contributed by atoms with Gasteiger partial charge >= 0.3 is 0 Å². The van der Waals surface area contributed by atoms with Crippen LogP contribution in [0.4, 0.5) is 17.1 Å². The van der Waals surface area contributed by atoms with Crippen molar-refractivity contribution in [2.24, 2.45) is 0 Å². The number of aromatic nitrogens is 3. The van der Waals surface area contributed by atoms with Crippen LogP contribution in [0.25, 0.3) is 45.0 Å². The highest BCUT2D eigenvalue weighted by atomic mass is 32.2. The molecule has 9 aromatic rings. The maximum Gasteiger partial charge on any atom is 0.163 e. The molecule has 0 fully saturated rings. The monoisotopic (exact) mass is 788 g/mol. The smallest absolute Gasteiger partial charge is 0.163 e. The lowest BCUT2D eigenvalue weighted by Gasteiger charge is -2.41. The highest BCUT2D eigenvalue weighted by Crippen LogP contribution is 2.57. The zero-order valence-electron chi connectivity index (χ0n) is 33.3. The van der Waals surface area contributed by atoms with E-state index in [2.05, 4.69) is 183 Å². The van der Waals surface area contributed by atoms with E-state index in [-0.39, 0.29) is 11.3 Å². The van der Waals surface area contributed by atoms with E-state index in [1.165, 1.54) is 65.7 Å². The predicted molar refractivity (Wildman–Crippen MR) is 246 cm³/mol. The van der Waals surface area contributed by atoms with E-state index in [1.807, 2.05) is 48.2 Å². The van der Waals surface area contributed by atoms with Crippen molar-refractivity contribution in [3.8, 4) is 45.0 Å². The maximum atomic E-state index is 5.35. The number of anilines is 3. The molecule has 2 aliphatic rings. The molecule has 60 heavy (non-hydrogen) atoms. The minimum atomic E-state index is -0.316. The van der Waals surface area contributed by atoms with Gasteiger partial charge in [0.05, 0.1) is 17.3 Å². The fourth-order valence-electron chi connectivity index (χ4n) is 9.07. The third kappa shape index (κ3) is 6.21. The molecule has 0 saturated carbocycles. The Kier molecular flexibility index (Phi) is 8.79. The van der Waals surface area contributed by atoms with Gasteiger partial charge in [-0.25, -0.2) is 15.0 Å². The zero-order chi connectivity index (χ0) is 40.2. The van der Waals surface area contributed by atoms with Crippen molar-refractivity contribution in [3.63, 3.8) is 0 Å². The molecule has 0 amide bonds. The molecule has 11 rings (SSSR count). The summed E-state index contributed by atoms with van der Waals surface area (Å²) in [6.07, 6.45) is 0. The highest BCUT2D eigenvalue weighted by molar-refractivity contribution is 7.99. The van der Waals surface area contributed by atoms with Crippen LogP contribution in [0.2, 0.25) is 0 Å². The Hall–Kier alpha value is -7.08. The summed E-state index contributed by atoms with van der Waals surface area (Å²) in [6.45, 7) is 4.73. The van der Waals surface area contributed by atoms with Gasteiger partial charge in [-0.05, 0) is 87.0 Å². The second-order valence-electron chi connectivity index (χ2n) is 16.0. The average Bonchev–Trinajstić information content (AvgIpc) is 3.31. The van der Waals surface area contributed by atoms with Gasteiger partial charge in [-0.1, -0.05) is 183 Å². The molecule has 1 aromatic heterocycles. The molecule has 1 atom stereocenters. The molecule has 0 N–H and O–H groups in total. The van der Waals surface area contributed by atoms with Gasteiger partial charge in [0.25, 0.3) is 0 Å². The molecule has 286 valence electrons. The van der Waals surface area contributed by atoms with Crippen LogP contribution in [0.5, 0.6) is 0 Å². The van der Waals surface area contributed by atoms with Crippen LogP contribution >= 0.6 is 11.8 Å². The molecule has 1 unspecified atom stereocenters. The lowest BCUT2D eigenvalue weighted by atomic mass is 9.65. The number of nitrogens with zero attached hydrogens (tertiary/aromatic N) is 4. The molecule has 5 heteroatoms. The molecule has 0 saturated heterocycles. The molecule has 1 aliphatic heterocycles. The van der Waals surface area contributed by atoms with Crippen LogP contribution in [0.3, 0.4) is 0 Å². The summed E-state index contributed by atoms with van der Waals surface area (Å²) >= 11 is 1.84. The van der Waals surface area contributed by atoms with Crippen molar-refractivity contribution in [2.75, 3.05) is 4.90 Å². The van der Waals surface area contributed by atoms with Gasteiger partial charge in [-0.2, -0.15) is 0 Å². The van der Waals surface area contributed by atoms with Crippen molar-refractivity contribution < 1.29 is 0 Å². The highest BCUT2D eigenvalue weighted by Gasteiger charge is 2.41. The van der Waals surface area contributed by atoms with Gasteiger partial charge in [-0.3, -0.25) is 0 Å². The number of para-hydroxylation sites is 1. The summed E-state index contributed by atoms with van der Waals surface area (Å²) in [6, 6.07) is 71.6. The first-order valence-electron chi connectivity index (χ1n) is 20.5. The normalized spacial score (nSPS) is 14.7. The van der Waals surface area contributed by atoms with Crippen molar-refractivity contribution in [1.29, 1.82) is 0 Å². The van der Waals surface area contributed by atoms with Crippen LogP contribution < -0.4 is 4.90 Å². The molecule has 4 nitrogen and oxygen atoms in total. The van der Waals surface area contributed by atoms with Crippen LogP contribution in [0.15, 0.2) is 210 Å². The minimum Gasteiger partial charge on any atom is -0.308 e. The summed E-state index contributed by atoms with van der Waals surface area (Å²) in [5, 5.41) is 0. The van der Waals surface area contributed by atoms with Crippen LogP contribution in [0.1, 0.15) is 47.8 Å². The van der Waals surface area contributed by atoms with E-state index in [9.17, 15) is 0 Å². The Morgan fingerprint density at radius 3 is 1.53 bits per heavy atom. The molecular weight excluding hydrogens is 749 g/mol. The summed E-state index contributed by atoms with van der Waals surface area (Å²) in [5.41, 5.74) is 14.8. The van der Waals surface area contributed by atoms with E-state index < -0.39 is 0 Å². The third-order valence-electron chi connectivity index (χ3n) is 12.0. The van der Waals surface area contributed by atoms with Crippen molar-refractivity contribution in [3.05, 3.63) is 228 Å². The van der Waals surface area contributed by atoms with E-state index in [1.54, 1.807) is 0 Å². The summed E-state index contributed by atoms with van der Waals surface area (Å²) < 4.78 is 0. The molecule has 2 heterocycles. The number of rotatable bonds is 6. The largest absolute Gasteiger partial charge is 0.308 e. The van der Waals surface area contributed by atoms with Crippen LogP contribution in [0, 0.1) is 0 Å². The van der Waals surface area contributed by atoms with Crippen molar-refractivity contribution in [2.45, 2.75) is 35.0 Å². The number of fused-ring (bicyclic) bond motifs is 4. The number of hydrogen-bond donors (Lipinski definition) is 0. The Bertz CT molecular complexity index is 2920. The van der Waals surface area contributed by atoms with Crippen molar-refractivity contribution in [1.82, 2.24) is 15.0 Å². The second kappa shape index (κ2) is 14.6. The first-order valence-corrected chi connectivity index (χ1v) is 21.3. The van der Waals surface area contributed by atoms with Gasteiger partial charge in [-0.15, -0.1) is 0 Å². The van der Waals surface area contributed by atoms with Crippen molar-refractivity contribution >= 4 is 28.8 Å². The van der Waals surface area contributed by atoms with E-state index in [4.69, 9.17) is 15.0 Å². The Labute approximate surface area is 355 Å². The quantitative estimate of drug-likeness (QED) is 0.168. The van der Waals surface area contributed by atoms with E-state index in [0.717, 1.165) is 22.6 Å². The Morgan fingerprint density at radius 1 is 0.417 bits per heavy atom. The predicted octanol–water partition coefficient (Wildman–Crippen LogP) is 14.3. The number of benzene rings is 8. The molecule has 1 aliphatic carbocycles. The second-order valence-corrected chi connectivity index (χ2v) is 17.1. The Balaban J connectivity index is 1.16. The SMILES string of the molecule is CC1(C)c2ccccc2C(c2nc(-c3ccccc3)nc(-c3ccccc3)n2)c2cc3c(cc21)N(c1cc(-c2ccccc2)cc(-c2ccccc2)c1)c1ccccc1S3. The first kappa shape index (κ1) is 36.0. The molecule has 0 spiro atoms. The van der Waals surface area contributed by atoms with Gasteiger partial charge in [0.1, 0.15) is 5.82 Å². The van der Waals surface area contributed by atoms with Gasteiger partial charge in [0.15, 0.2) is 11.6 Å². The summed E-state index contributed by atoms with van der Waals surface area (Å²) in [5.74, 6) is 1.86. The van der Waals surface area contributed by atoms with Gasteiger partial charge in [0.2, 0.25) is 0 Å². The van der Waals surface area contributed by atoms with Crippen LogP contribution in [-0.4, -0.2) is 15.0 Å². The number of hydrogen-bond acceptors (Lipinski definition) is 5. The lowest BCUT2D eigenvalue weighted by Crippen LogP contribution is -2.31. The fourth-order valence-corrected chi connectivity index (χ4v) is 10.2. The average molecular weight is 789 g/mol. The third-order valence-corrected chi connectivity index (χ3v) is 13.1. The lowest BCUT2D eigenvalue weighted by molar-refractivity contribution is 0.590. The van der Waals surface area contributed by atoms with Gasteiger partial charge < -0.3 is 4.90 Å². The minimum absolute atomic E-state index is 0.222. The van der Waals surface area contributed by atoms with E-state index >= 15 is 0 Å². The molecule has 0 bridgehead atoms. The maximum absolute atomic E-state index is 5.35. The zero-order valence-corrected chi connectivity index (χ0v) is 34.1.